The number of rotatable bonds is 3. The Morgan fingerprint density at radius 2 is 2.30 bits per heavy atom. The van der Waals surface area contributed by atoms with Crippen LogP contribution in [-0.2, 0) is 4.79 Å². The van der Waals surface area contributed by atoms with Crippen molar-refractivity contribution < 1.29 is 4.79 Å². The maximum Gasteiger partial charge on any atom is 0.238 e. The second kappa shape index (κ2) is 6.57. The molecule has 0 aromatic heterocycles. The molecule has 0 aliphatic carbocycles. The van der Waals surface area contributed by atoms with Crippen molar-refractivity contribution in [1.82, 2.24) is 4.90 Å². The number of hydrogen-bond donors (Lipinski definition) is 2. The third-order valence-electron chi connectivity index (χ3n) is 3.80. The van der Waals surface area contributed by atoms with E-state index in [0.29, 0.717) is 23.3 Å². The minimum atomic E-state index is -0.0296. The standard InChI is InChI=1S/C15H22ClN3O/c1-10-3-4-14(13(16)7-10)18-15(20)9-19-6-5-12(17)8-11(19)2/h3-4,7,11-12H,5-6,8-9,17H2,1-2H3,(H,18,20). The molecule has 20 heavy (non-hydrogen) atoms. The van der Waals surface area contributed by atoms with Gasteiger partial charge in [-0.25, -0.2) is 0 Å². The first kappa shape index (κ1) is 15.3. The highest BCUT2D eigenvalue weighted by Crippen LogP contribution is 2.23. The van der Waals surface area contributed by atoms with Gasteiger partial charge in [-0.3, -0.25) is 9.69 Å². The molecule has 1 aromatic carbocycles. The zero-order valence-corrected chi connectivity index (χ0v) is 12.8. The summed E-state index contributed by atoms with van der Waals surface area (Å²) in [5.74, 6) is -0.0296. The van der Waals surface area contributed by atoms with E-state index in [1.54, 1.807) is 0 Å². The summed E-state index contributed by atoms with van der Waals surface area (Å²) in [5, 5.41) is 3.45. The van der Waals surface area contributed by atoms with Crippen molar-refractivity contribution >= 4 is 23.2 Å². The Balaban J connectivity index is 1.92. The lowest BCUT2D eigenvalue weighted by atomic mass is 9.99. The topological polar surface area (TPSA) is 58.4 Å². The van der Waals surface area contributed by atoms with Gasteiger partial charge in [-0.05, 0) is 44.4 Å². The largest absolute Gasteiger partial charge is 0.328 e. The number of amides is 1. The van der Waals surface area contributed by atoms with Crippen molar-refractivity contribution in [2.75, 3.05) is 18.4 Å². The van der Waals surface area contributed by atoms with Crippen LogP contribution in [0, 0.1) is 6.92 Å². The molecule has 1 aliphatic heterocycles. The van der Waals surface area contributed by atoms with E-state index < -0.39 is 0 Å². The van der Waals surface area contributed by atoms with Gasteiger partial charge in [0.05, 0.1) is 17.3 Å². The molecule has 110 valence electrons. The summed E-state index contributed by atoms with van der Waals surface area (Å²) in [6.45, 7) is 5.34. The summed E-state index contributed by atoms with van der Waals surface area (Å²) in [7, 11) is 0. The lowest BCUT2D eigenvalue weighted by Crippen LogP contribution is -2.48. The van der Waals surface area contributed by atoms with Gasteiger partial charge in [0.15, 0.2) is 0 Å². The Hall–Kier alpha value is -1.10. The van der Waals surface area contributed by atoms with Crippen molar-refractivity contribution in [2.24, 2.45) is 5.73 Å². The highest BCUT2D eigenvalue weighted by Gasteiger charge is 2.24. The van der Waals surface area contributed by atoms with Crippen molar-refractivity contribution in [1.29, 1.82) is 0 Å². The number of anilines is 1. The summed E-state index contributed by atoms with van der Waals surface area (Å²) >= 11 is 6.12. The molecule has 0 saturated carbocycles. The van der Waals surface area contributed by atoms with Crippen molar-refractivity contribution in [3.63, 3.8) is 0 Å². The van der Waals surface area contributed by atoms with Crippen LogP contribution in [0.2, 0.25) is 5.02 Å². The molecule has 1 heterocycles. The van der Waals surface area contributed by atoms with Crippen molar-refractivity contribution in [2.45, 2.75) is 38.8 Å². The number of nitrogens with two attached hydrogens (primary N) is 1. The van der Waals surface area contributed by atoms with Gasteiger partial charge in [-0.1, -0.05) is 17.7 Å². The molecule has 0 radical (unpaired) electrons. The molecule has 2 rings (SSSR count). The average molecular weight is 296 g/mol. The summed E-state index contributed by atoms with van der Waals surface area (Å²) in [5.41, 5.74) is 7.68. The Labute approximate surface area is 125 Å². The van der Waals surface area contributed by atoms with Gasteiger partial charge in [0.25, 0.3) is 0 Å². The Morgan fingerprint density at radius 3 is 2.95 bits per heavy atom. The summed E-state index contributed by atoms with van der Waals surface area (Å²) in [6, 6.07) is 6.23. The maximum absolute atomic E-state index is 12.1. The molecule has 4 nitrogen and oxygen atoms in total. The first-order valence-corrected chi connectivity index (χ1v) is 7.39. The van der Waals surface area contributed by atoms with Crippen LogP contribution in [-0.4, -0.2) is 36.0 Å². The molecular weight excluding hydrogens is 274 g/mol. The van der Waals surface area contributed by atoms with E-state index in [4.69, 9.17) is 17.3 Å². The van der Waals surface area contributed by atoms with E-state index in [2.05, 4.69) is 17.1 Å². The zero-order chi connectivity index (χ0) is 14.7. The number of nitrogens with one attached hydrogen (secondary N) is 1. The average Bonchev–Trinajstić information content (AvgIpc) is 2.36. The Morgan fingerprint density at radius 1 is 1.55 bits per heavy atom. The first-order valence-electron chi connectivity index (χ1n) is 7.01. The van der Waals surface area contributed by atoms with Crippen LogP contribution in [0.1, 0.15) is 25.3 Å². The van der Waals surface area contributed by atoms with Crippen LogP contribution in [0.3, 0.4) is 0 Å². The summed E-state index contributed by atoms with van der Waals surface area (Å²) < 4.78 is 0. The smallest absolute Gasteiger partial charge is 0.238 e. The second-order valence-corrected chi connectivity index (χ2v) is 6.04. The number of halogens is 1. The monoisotopic (exact) mass is 295 g/mol. The number of aryl methyl sites for hydroxylation is 1. The van der Waals surface area contributed by atoms with Crippen LogP contribution in [0.25, 0.3) is 0 Å². The van der Waals surface area contributed by atoms with Crippen molar-refractivity contribution in [3.05, 3.63) is 28.8 Å². The normalized spacial score (nSPS) is 23.6. The number of hydrogen-bond acceptors (Lipinski definition) is 3. The van der Waals surface area contributed by atoms with Crippen LogP contribution in [0.5, 0.6) is 0 Å². The van der Waals surface area contributed by atoms with E-state index in [0.717, 1.165) is 24.9 Å². The predicted molar refractivity (Wildman–Crippen MR) is 83.1 cm³/mol. The number of piperidine rings is 1. The fraction of sp³-hybridized carbons (Fsp3) is 0.533. The summed E-state index contributed by atoms with van der Waals surface area (Å²) in [6.07, 6.45) is 1.89. The molecule has 1 aliphatic rings. The molecule has 5 heteroatoms. The Kier molecular flexibility index (Phi) is 5.02. The van der Waals surface area contributed by atoms with Crippen LogP contribution >= 0.6 is 11.6 Å². The fourth-order valence-corrected chi connectivity index (χ4v) is 2.87. The molecule has 1 saturated heterocycles. The number of likely N-dealkylation sites (tertiary alicyclic amines) is 1. The first-order chi connectivity index (χ1) is 9.45. The maximum atomic E-state index is 12.1. The molecule has 1 amide bonds. The zero-order valence-electron chi connectivity index (χ0n) is 12.0. The van der Waals surface area contributed by atoms with Gasteiger partial charge in [-0.2, -0.15) is 0 Å². The molecule has 1 aromatic rings. The SMILES string of the molecule is Cc1ccc(NC(=O)CN2CCC(N)CC2C)c(Cl)c1. The second-order valence-electron chi connectivity index (χ2n) is 5.64. The van der Waals surface area contributed by atoms with Crippen LogP contribution in [0.15, 0.2) is 18.2 Å². The molecule has 0 spiro atoms. The molecule has 3 N–H and O–H groups in total. The van der Waals surface area contributed by atoms with E-state index >= 15 is 0 Å². The lowest BCUT2D eigenvalue weighted by Gasteiger charge is -2.35. The van der Waals surface area contributed by atoms with Gasteiger partial charge in [0, 0.05) is 18.6 Å². The number of carbonyl (C=O) groups excluding carboxylic acids is 1. The minimum absolute atomic E-state index is 0.0296. The van der Waals surface area contributed by atoms with Gasteiger partial charge in [-0.15, -0.1) is 0 Å². The highest BCUT2D eigenvalue weighted by molar-refractivity contribution is 6.33. The number of benzene rings is 1. The number of nitrogens with zero attached hydrogens (tertiary/aromatic N) is 1. The van der Waals surface area contributed by atoms with Crippen LogP contribution < -0.4 is 11.1 Å². The predicted octanol–water partition coefficient (Wildman–Crippen LogP) is 2.40. The van der Waals surface area contributed by atoms with Gasteiger partial charge in [0.1, 0.15) is 0 Å². The molecule has 2 atom stereocenters. The van der Waals surface area contributed by atoms with E-state index in [1.165, 1.54) is 0 Å². The molecule has 0 bridgehead atoms. The third-order valence-corrected chi connectivity index (χ3v) is 4.11. The molecule has 1 fully saturated rings. The Bertz CT molecular complexity index is 492. The summed E-state index contributed by atoms with van der Waals surface area (Å²) in [4.78, 5) is 14.3. The van der Waals surface area contributed by atoms with Crippen LogP contribution in [0.4, 0.5) is 5.69 Å². The lowest BCUT2D eigenvalue weighted by molar-refractivity contribution is -0.118. The minimum Gasteiger partial charge on any atom is -0.328 e. The number of carbonyl (C=O) groups is 1. The van der Waals surface area contributed by atoms with Crippen molar-refractivity contribution in [3.8, 4) is 0 Å². The highest BCUT2D eigenvalue weighted by atomic mass is 35.5. The van der Waals surface area contributed by atoms with Gasteiger partial charge in [0.2, 0.25) is 5.91 Å². The van der Waals surface area contributed by atoms with E-state index in [1.807, 2.05) is 25.1 Å². The quantitative estimate of drug-likeness (QED) is 0.900. The molecule has 2 unspecified atom stereocenters. The third kappa shape index (κ3) is 3.95. The van der Waals surface area contributed by atoms with Gasteiger partial charge < -0.3 is 11.1 Å². The van der Waals surface area contributed by atoms with Gasteiger partial charge >= 0.3 is 0 Å². The molecular formula is C15H22ClN3O. The van der Waals surface area contributed by atoms with E-state index in [9.17, 15) is 4.79 Å². The van der Waals surface area contributed by atoms with E-state index in [-0.39, 0.29) is 11.9 Å². The fourth-order valence-electron chi connectivity index (χ4n) is 2.59.